The Hall–Kier alpha value is -2.83. The van der Waals surface area contributed by atoms with Gasteiger partial charge in [0.05, 0.1) is 19.2 Å². The van der Waals surface area contributed by atoms with E-state index in [0.29, 0.717) is 18.1 Å². The first-order chi connectivity index (χ1) is 10.2. The lowest BCUT2D eigenvalue weighted by molar-refractivity contribution is -0.120. The second-order valence-electron chi connectivity index (χ2n) is 4.22. The Morgan fingerprint density at radius 1 is 1.38 bits per heavy atom. The first-order valence-electron chi connectivity index (χ1n) is 6.49. The van der Waals surface area contributed by atoms with Gasteiger partial charge in [0.2, 0.25) is 5.91 Å². The number of para-hydroxylation sites is 1. The third-order valence-corrected chi connectivity index (χ3v) is 2.61. The predicted molar refractivity (Wildman–Crippen MR) is 78.5 cm³/mol. The summed E-state index contributed by atoms with van der Waals surface area (Å²) in [6.45, 7) is 2.45. The summed E-state index contributed by atoms with van der Waals surface area (Å²) < 4.78 is 5.45. The number of carbonyl (C=O) groups is 1. The van der Waals surface area contributed by atoms with E-state index in [9.17, 15) is 9.59 Å². The zero-order chi connectivity index (χ0) is 15.1. The van der Waals surface area contributed by atoms with Gasteiger partial charge < -0.3 is 9.84 Å². The van der Waals surface area contributed by atoms with Crippen LogP contribution in [0.1, 0.15) is 18.2 Å². The van der Waals surface area contributed by atoms with Gasteiger partial charge in [-0.2, -0.15) is 5.10 Å². The second-order valence-corrected chi connectivity index (χ2v) is 4.22. The van der Waals surface area contributed by atoms with E-state index >= 15 is 0 Å². The highest BCUT2D eigenvalue weighted by molar-refractivity contribution is 5.85. The molecule has 1 aromatic carbocycles. The number of benzene rings is 1. The molecule has 0 aliphatic heterocycles. The Kier molecular flexibility index (Phi) is 4.92. The first-order valence-corrected chi connectivity index (χ1v) is 6.49. The van der Waals surface area contributed by atoms with Gasteiger partial charge in [0.15, 0.2) is 0 Å². The van der Waals surface area contributed by atoms with Gasteiger partial charge in [0.1, 0.15) is 5.75 Å². The molecule has 21 heavy (non-hydrogen) atoms. The van der Waals surface area contributed by atoms with E-state index in [-0.39, 0.29) is 17.9 Å². The molecule has 110 valence electrons. The summed E-state index contributed by atoms with van der Waals surface area (Å²) in [5.74, 6) is 0.378. The van der Waals surface area contributed by atoms with Crippen LogP contribution in [0.4, 0.5) is 0 Å². The Morgan fingerprint density at radius 3 is 2.90 bits per heavy atom. The summed E-state index contributed by atoms with van der Waals surface area (Å²) in [5, 5.41) is 8.84. The van der Waals surface area contributed by atoms with Crippen molar-refractivity contribution >= 4 is 12.1 Å². The number of amides is 1. The molecule has 1 amide bonds. The smallest absolute Gasteiger partial charge is 0.264 e. The quantitative estimate of drug-likeness (QED) is 0.541. The number of hydrogen-bond acceptors (Lipinski definition) is 4. The molecule has 0 atom stereocenters. The van der Waals surface area contributed by atoms with Gasteiger partial charge in [-0.1, -0.05) is 12.1 Å². The Bertz CT molecular complexity index is 687. The number of rotatable bonds is 6. The molecule has 2 aromatic rings. The van der Waals surface area contributed by atoms with E-state index in [2.05, 4.69) is 20.7 Å². The molecule has 0 bridgehead atoms. The molecule has 1 aromatic heterocycles. The van der Waals surface area contributed by atoms with Crippen LogP contribution < -0.4 is 15.7 Å². The van der Waals surface area contributed by atoms with Crippen LogP contribution in [0.15, 0.2) is 40.2 Å². The van der Waals surface area contributed by atoms with E-state index < -0.39 is 0 Å². The standard InChI is InChI=1S/C14H16N4O3/c1-2-21-12-6-4-3-5-10(12)9-15-17-13(19)7-11-8-14(20)18-16-11/h3-6,8-9H,2,7H2,1H3,(H,17,19)(H2,16,18,20). The van der Waals surface area contributed by atoms with Crippen LogP contribution >= 0.6 is 0 Å². The second kappa shape index (κ2) is 7.09. The van der Waals surface area contributed by atoms with E-state index in [1.165, 1.54) is 12.3 Å². The maximum Gasteiger partial charge on any atom is 0.264 e. The maximum absolute atomic E-state index is 11.6. The van der Waals surface area contributed by atoms with Crippen molar-refractivity contribution in [1.82, 2.24) is 15.6 Å². The lowest BCUT2D eigenvalue weighted by Crippen LogP contribution is -2.20. The fraction of sp³-hybridized carbons (Fsp3) is 0.214. The van der Waals surface area contributed by atoms with Gasteiger partial charge in [-0.05, 0) is 19.1 Å². The van der Waals surface area contributed by atoms with Gasteiger partial charge in [0, 0.05) is 17.3 Å². The normalized spacial score (nSPS) is 10.7. The Balaban J connectivity index is 1.93. The van der Waals surface area contributed by atoms with Crippen LogP contribution in [0.2, 0.25) is 0 Å². The molecule has 3 N–H and O–H groups in total. The molecule has 0 aliphatic carbocycles. The van der Waals surface area contributed by atoms with Crippen LogP contribution in [0, 0.1) is 0 Å². The van der Waals surface area contributed by atoms with Gasteiger partial charge in [-0.25, -0.2) is 5.43 Å². The summed E-state index contributed by atoms with van der Waals surface area (Å²) in [4.78, 5) is 22.5. The largest absolute Gasteiger partial charge is 0.493 e. The number of hydrazone groups is 1. The number of H-pyrrole nitrogens is 2. The summed E-state index contributed by atoms with van der Waals surface area (Å²) >= 11 is 0. The fourth-order valence-electron chi connectivity index (χ4n) is 1.73. The molecular weight excluding hydrogens is 272 g/mol. The minimum Gasteiger partial charge on any atom is -0.493 e. The number of aromatic amines is 2. The van der Waals surface area contributed by atoms with Gasteiger partial charge >= 0.3 is 0 Å². The molecule has 0 fully saturated rings. The van der Waals surface area contributed by atoms with Crippen LogP contribution in [0.5, 0.6) is 5.75 Å². The molecule has 7 heteroatoms. The summed E-state index contributed by atoms with van der Waals surface area (Å²) in [6, 6.07) is 8.72. The summed E-state index contributed by atoms with van der Waals surface area (Å²) in [5.41, 5.74) is 3.40. The van der Waals surface area contributed by atoms with Crippen LogP contribution in [0.3, 0.4) is 0 Å². The molecule has 2 rings (SSSR count). The lowest BCUT2D eigenvalue weighted by Gasteiger charge is -2.05. The molecular formula is C14H16N4O3. The highest BCUT2D eigenvalue weighted by Gasteiger charge is 2.04. The lowest BCUT2D eigenvalue weighted by atomic mass is 10.2. The zero-order valence-electron chi connectivity index (χ0n) is 11.6. The average molecular weight is 288 g/mol. The highest BCUT2D eigenvalue weighted by atomic mass is 16.5. The molecule has 0 aliphatic rings. The minimum atomic E-state index is -0.324. The van der Waals surface area contributed by atoms with E-state index in [1.807, 2.05) is 31.2 Å². The molecule has 0 saturated carbocycles. The molecule has 1 heterocycles. The molecule has 0 saturated heterocycles. The summed E-state index contributed by atoms with van der Waals surface area (Å²) in [6.07, 6.45) is 1.56. The third-order valence-electron chi connectivity index (χ3n) is 2.61. The van der Waals surface area contributed by atoms with E-state index in [0.717, 1.165) is 5.56 Å². The molecule has 0 spiro atoms. The van der Waals surface area contributed by atoms with Crippen LogP contribution in [0.25, 0.3) is 0 Å². The SMILES string of the molecule is CCOc1ccccc1C=NNC(=O)Cc1cc(=O)[nH][nH]1. The van der Waals surface area contributed by atoms with Crippen molar-refractivity contribution in [1.29, 1.82) is 0 Å². The highest BCUT2D eigenvalue weighted by Crippen LogP contribution is 2.15. The summed E-state index contributed by atoms with van der Waals surface area (Å²) in [7, 11) is 0. The van der Waals surface area contributed by atoms with E-state index in [4.69, 9.17) is 4.74 Å². The first kappa shape index (κ1) is 14.6. The Morgan fingerprint density at radius 2 is 2.19 bits per heavy atom. The number of aromatic nitrogens is 2. The number of hydrogen-bond donors (Lipinski definition) is 3. The predicted octanol–water partition coefficient (Wildman–Crippen LogP) is 0.794. The van der Waals surface area contributed by atoms with Gasteiger partial charge in [-0.15, -0.1) is 0 Å². The number of ether oxygens (including phenoxy) is 1. The van der Waals surface area contributed by atoms with Crippen molar-refractivity contribution in [2.75, 3.05) is 6.61 Å². The van der Waals surface area contributed by atoms with Crippen molar-refractivity contribution in [3.8, 4) is 5.75 Å². The number of nitrogens with zero attached hydrogens (tertiary/aromatic N) is 1. The molecule has 7 nitrogen and oxygen atoms in total. The number of nitrogens with one attached hydrogen (secondary N) is 3. The van der Waals surface area contributed by atoms with Crippen molar-refractivity contribution in [2.45, 2.75) is 13.3 Å². The van der Waals surface area contributed by atoms with Crippen molar-refractivity contribution in [2.24, 2.45) is 5.10 Å². The van der Waals surface area contributed by atoms with Crippen molar-refractivity contribution < 1.29 is 9.53 Å². The van der Waals surface area contributed by atoms with Crippen LogP contribution in [-0.4, -0.2) is 28.9 Å². The minimum absolute atomic E-state index is 0.0448. The van der Waals surface area contributed by atoms with E-state index in [1.54, 1.807) is 0 Å². The van der Waals surface area contributed by atoms with Crippen molar-refractivity contribution in [3.05, 3.63) is 51.9 Å². The van der Waals surface area contributed by atoms with Crippen LogP contribution in [-0.2, 0) is 11.2 Å². The van der Waals surface area contributed by atoms with Crippen molar-refractivity contribution in [3.63, 3.8) is 0 Å². The molecule has 0 unspecified atom stereocenters. The fourth-order valence-corrected chi connectivity index (χ4v) is 1.73. The zero-order valence-corrected chi connectivity index (χ0v) is 11.6. The topological polar surface area (TPSA) is 99.3 Å². The maximum atomic E-state index is 11.6. The molecule has 0 radical (unpaired) electrons. The monoisotopic (exact) mass is 288 g/mol. The average Bonchev–Trinajstić information content (AvgIpc) is 2.86. The van der Waals surface area contributed by atoms with Gasteiger partial charge in [0.25, 0.3) is 5.56 Å². The van der Waals surface area contributed by atoms with Gasteiger partial charge in [-0.3, -0.25) is 14.7 Å². The Labute approximate surface area is 121 Å². The number of carbonyl (C=O) groups excluding carboxylic acids is 1. The third kappa shape index (κ3) is 4.34.